The van der Waals surface area contributed by atoms with Crippen LogP contribution in [0.5, 0.6) is 11.5 Å². The summed E-state index contributed by atoms with van der Waals surface area (Å²) < 4.78 is 10.6. The Morgan fingerprint density at radius 1 is 1.44 bits per heavy atom. The van der Waals surface area contributed by atoms with Gasteiger partial charge in [0, 0.05) is 0 Å². The number of methoxy groups -OCH3 is 1. The van der Waals surface area contributed by atoms with Crippen molar-refractivity contribution in [2.75, 3.05) is 7.11 Å². The van der Waals surface area contributed by atoms with Crippen LogP contribution >= 0.6 is 0 Å². The first-order valence-corrected chi connectivity index (χ1v) is 5.21. The summed E-state index contributed by atoms with van der Waals surface area (Å²) in [4.78, 5) is 10.9. The lowest BCUT2D eigenvalue weighted by Crippen LogP contribution is -2.30. The standard InChI is InChI=1S/C12H17NO3/c1-4-9-5-6-10(11(7-9)15-3)16-8(2)12(13)14/h5-8H,4H2,1-3H3,(H2,13,14). The molecule has 0 radical (unpaired) electrons. The van der Waals surface area contributed by atoms with Crippen LogP contribution in [0.15, 0.2) is 18.2 Å². The van der Waals surface area contributed by atoms with Crippen LogP contribution in [0.4, 0.5) is 0 Å². The summed E-state index contributed by atoms with van der Waals surface area (Å²) in [6, 6.07) is 5.62. The second-order valence-corrected chi connectivity index (χ2v) is 3.50. The number of hydrogen-bond acceptors (Lipinski definition) is 3. The second kappa shape index (κ2) is 5.39. The smallest absolute Gasteiger partial charge is 0.258 e. The van der Waals surface area contributed by atoms with Gasteiger partial charge in [0.25, 0.3) is 5.91 Å². The Morgan fingerprint density at radius 2 is 2.12 bits per heavy atom. The van der Waals surface area contributed by atoms with Gasteiger partial charge in [-0.05, 0) is 31.0 Å². The van der Waals surface area contributed by atoms with Crippen LogP contribution in [0.1, 0.15) is 19.4 Å². The highest BCUT2D eigenvalue weighted by Gasteiger charge is 2.13. The number of carbonyl (C=O) groups is 1. The van der Waals surface area contributed by atoms with E-state index in [4.69, 9.17) is 15.2 Å². The molecule has 0 saturated carbocycles. The van der Waals surface area contributed by atoms with Crippen molar-refractivity contribution in [2.45, 2.75) is 26.4 Å². The molecule has 88 valence electrons. The number of ether oxygens (including phenoxy) is 2. The molecule has 16 heavy (non-hydrogen) atoms. The van der Waals surface area contributed by atoms with Crippen molar-refractivity contribution >= 4 is 5.91 Å². The molecular formula is C12H17NO3. The van der Waals surface area contributed by atoms with Crippen LogP contribution < -0.4 is 15.2 Å². The highest BCUT2D eigenvalue weighted by atomic mass is 16.5. The molecule has 1 aromatic rings. The first kappa shape index (κ1) is 12.4. The van der Waals surface area contributed by atoms with Gasteiger partial charge in [-0.1, -0.05) is 13.0 Å². The average molecular weight is 223 g/mol. The van der Waals surface area contributed by atoms with Gasteiger partial charge < -0.3 is 15.2 Å². The van der Waals surface area contributed by atoms with Gasteiger partial charge in [0.15, 0.2) is 17.6 Å². The van der Waals surface area contributed by atoms with Gasteiger partial charge in [-0.3, -0.25) is 4.79 Å². The fraction of sp³-hybridized carbons (Fsp3) is 0.417. The maximum Gasteiger partial charge on any atom is 0.258 e. The van der Waals surface area contributed by atoms with Crippen molar-refractivity contribution in [3.63, 3.8) is 0 Å². The molecule has 0 saturated heterocycles. The van der Waals surface area contributed by atoms with Crippen LogP contribution in [0.2, 0.25) is 0 Å². The van der Waals surface area contributed by atoms with Crippen molar-refractivity contribution in [1.82, 2.24) is 0 Å². The Morgan fingerprint density at radius 3 is 2.62 bits per heavy atom. The van der Waals surface area contributed by atoms with Crippen LogP contribution in [-0.4, -0.2) is 19.1 Å². The summed E-state index contributed by atoms with van der Waals surface area (Å²) in [5.74, 6) is 0.653. The van der Waals surface area contributed by atoms with E-state index in [1.54, 1.807) is 20.1 Å². The van der Waals surface area contributed by atoms with Gasteiger partial charge in [-0.25, -0.2) is 0 Å². The number of primary amides is 1. The summed E-state index contributed by atoms with van der Waals surface area (Å²) in [5, 5.41) is 0. The SMILES string of the molecule is CCc1ccc(OC(C)C(N)=O)c(OC)c1. The average Bonchev–Trinajstić information content (AvgIpc) is 2.29. The first-order chi connectivity index (χ1) is 7.58. The maximum absolute atomic E-state index is 10.9. The molecule has 1 amide bonds. The summed E-state index contributed by atoms with van der Waals surface area (Å²) in [5.41, 5.74) is 6.28. The van der Waals surface area contributed by atoms with E-state index in [-0.39, 0.29) is 0 Å². The van der Waals surface area contributed by atoms with Gasteiger partial charge in [-0.2, -0.15) is 0 Å². The summed E-state index contributed by atoms with van der Waals surface area (Å²) in [7, 11) is 1.57. The van der Waals surface area contributed by atoms with Crippen LogP contribution in [-0.2, 0) is 11.2 Å². The minimum absolute atomic E-state index is 0.498. The molecule has 1 atom stereocenters. The Balaban J connectivity index is 2.91. The number of aryl methyl sites for hydroxylation is 1. The van der Waals surface area contributed by atoms with Crippen LogP contribution in [0.25, 0.3) is 0 Å². The van der Waals surface area contributed by atoms with Crippen LogP contribution in [0, 0.1) is 0 Å². The van der Waals surface area contributed by atoms with Crippen molar-refractivity contribution in [3.8, 4) is 11.5 Å². The van der Waals surface area contributed by atoms with Gasteiger partial charge in [0.05, 0.1) is 7.11 Å². The summed E-state index contributed by atoms with van der Waals surface area (Å²) >= 11 is 0. The lowest BCUT2D eigenvalue weighted by molar-refractivity contribution is -0.124. The molecule has 1 unspecified atom stereocenters. The molecule has 2 N–H and O–H groups in total. The molecule has 0 fully saturated rings. The monoisotopic (exact) mass is 223 g/mol. The quantitative estimate of drug-likeness (QED) is 0.823. The Kier molecular flexibility index (Phi) is 4.17. The summed E-state index contributed by atoms with van der Waals surface area (Å²) in [6.07, 6.45) is 0.253. The van der Waals surface area contributed by atoms with Crippen molar-refractivity contribution in [1.29, 1.82) is 0 Å². The second-order valence-electron chi connectivity index (χ2n) is 3.50. The topological polar surface area (TPSA) is 61.5 Å². The van der Waals surface area contributed by atoms with Crippen molar-refractivity contribution in [2.24, 2.45) is 5.73 Å². The van der Waals surface area contributed by atoms with E-state index in [0.29, 0.717) is 11.5 Å². The Labute approximate surface area is 95.3 Å². The fourth-order valence-electron chi connectivity index (χ4n) is 1.28. The van der Waals surface area contributed by atoms with Gasteiger partial charge in [0.2, 0.25) is 0 Å². The van der Waals surface area contributed by atoms with E-state index in [1.807, 2.05) is 12.1 Å². The Bertz CT molecular complexity index is 377. The van der Waals surface area contributed by atoms with Gasteiger partial charge >= 0.3 is 0 Å². The molecule has 0 heterocycles. The van der Waals surface area contributed by atoms with Gasteiger partial charge in [0.1, 0.15) is 0 Å². The Hall–Kier alpha value is -1.71. The minimum atomic E-state index is -0.665. The van der Waals surface area contributed by atoms with Gasteiger partial charge in [-0.15, -0.1) is 0 Å². The van der Waals surface area contributed by atoms with E-state index in [9.17, 15) is 4.79 Å². The van der Waals surface area contributed by atoms with Crippen LogP contribution in [0.3, 0.4) is 0 Å². The summed E-state index contributed by atoms with van der Waals surface area (Å²) in [6.45, 7) is 3.66. The molecule has 0 aliphatic heterocycles. The zero-order valence-electron chi connectivity index (χ0n) is 9.82. The predicted molar refractivity (Wildman–Crippen MR) is 61.7 cm³/mol. The van der Waals surface area contributed by atoms with E-state index >= 15 is 0 Å². The number of rotatable bonds is 5. The number of amides is 1. The molecule has 4 nitrogen and oxygen atoms in total. The lowest BCUT2D eigenvalue weighted by atomic mass is 10.1. The first-order valence-electron chi connectivity index (χ1n) is 5.21. The third-order valence-electron chi connectivity index (χ3n) is 2.34. The molecule has 4 heteroatoms. The molecule has 0 aromatic heterocycles. The lowest BCUT2D eigenvalue weighted by Gasteiger charge is -2.14. The molecule has 0 aliphatic carbocycles. The molecule has 0 bridgehead atoms. The van der Waals surface area contributed by atoms with E-state index in [0.717, 1.165) is 12.0 Å². The molecule has 0 spiro atoms. The third kappa shape index (κ3) is 2.89. The van der Waals surface area contributed by atoms with E-state index in [2.05, 4.69) is 6.92 Å². The maximum atomic E-state index is 10.9. The predicted octanol–water partition coefficient (Wildman–Crippen LogP) is 1.51. The highest BCUT2D eigenvalue weighted by molar-refractivity contribution is 5.78. The third-order valence-corrected chi connectivity index (χ3v) is 2.34. The van der Waals surface area contributed by atoms with Crippen molar-refractivity contribution in [3.05, 3.63) is 23.8 Å². The zero-order valence-corrected chi connectivity index (χ0v) is 9.82. The molecular weight excluding hydrogens is 206 g/mol. The minimum Gasteiger partial charge on any atom is -0.493 e. The van der Waals surface area contributed by atoms with E-state index in [1.165, 1.54) is 0 Å². The number of nitrogens with two attached hydrogens (primary N) is 1. The molecule has 1 rings (SSSR count). The van der Waals surface area contributed by atoms with E-state index < -0.39 is 12.0 Å². The molecule has 0 aliphatic rings. The number of hydrogen-bond donors (Lipinski definition) is 1. The normalized spacial score (nSPS) is 11.9. The number of carbonyl (C=O) groups excluding carboxylic acids is 1. The largest absolute Gasteiger partial charge is 0.493 e. The number of benzene rings is 1. The zero-order chi connectivity index (χ0) is 12.1. The fourth-order valence-corrected chi connectivity index (χ4v) is 1.28. The van der Waals surface area contributed by atoms with Crippen molar-refractivity contribution < 1.29 is 14.3 Å². The highest BCUT2D eigenvalue weighted by Crippen LogP contribution is 2.29. The molecule has 1 aromatic carbocycles.